The molecule has 2 heterocycles. The number of aromatic nitrogens is 4. The Kier molecular flexibility index (Phi) is 4.83. The van der Waals surface area contributed by atoms with E-state index in [1.54, 1.807) is 0 Å². The van der Waals surface area contributed by atoms with E-state index in [-0.39, 0.29) is 17.6 Å². The van der Waals surface area contributed by atoms with Crippen molar-refractivity contribution in [3.05, 3.63) is 35.4 Å². The zero-order chi connectivity index (χ0) is 17.1. The van der Waals surface area contributed by atoms with Gasteiger partial charge in [0.2, 0.25) is 0 Å². The van der Waals surface area contributed by atoms with E-state index in [1.807, 2.05) is 31.6 Å². The van der Waals surface area contributed by atoms with Gasteiger partial charge in [-0.05, 0) is 33.8 Å². The molecule has 2 unspecified atom stereocenters. The van der Waals surface area contributed by atoms with Crippen LogP contribution in [0.1, 0.15) is 54.6 Å². The van der Waals surface area contributed by atoms with Crippen molar-refractivity contribution in [3.63, 3.8) is 0 Å². The summed E-state index contributed by atoms with van der Waals surface area (Å²) in [4.78, 5) is 23.2. The third kappa shape index (κ3) is 3.58. The fraction of sp³-hybridized carbons (Fsp3) is 0.467. The second-order valence-electron chi connectivity index (χ2n) is 5.42. The van der Waals surface area contributed by atoms with Gasteiger partial charge in [0.1, 0.15) is 11.7 Å². The van der Waals surface area contributed by atoms with Crippen LogP contribution in [-0.2, 0) is 11.3 Å². The summed E-state index contributed by atoms with van der Waals surface area (Å²) in [6, 6.07) is 0.466. The minimum atomic E-state index is -1.00. The first-order valence-corrected chi connectivity index (χ1v) is 7.46. The summed E-state index contributed by atoms with van der Waals surface area (Å²) in [5.41, 5.74) is 1.99. The maximum atomic E-state index is 12.3. The third-order valence-electron chi connectivity index (χ3n) is 3.72. The van der Waals surface area contributed by atoms with Gasteiger partial charge >= 0.3 is 5.97 Å². The normalized spacial score (nSPS) is 13.6. The summed E-state index contributed by atoms with van der Waals surface area (Å²) in [5.74, 6) is -1.35. The molecule has 0 aromatic carbocycles. The van der Waals surface area contributed by atoms with E-state index in [2.05, 4.69) is 15.5 Å². The standard InChI is InChI=1S/C15H21N5O3/c1-5-19-8-12(10(3)17-19)9(2)16-14(21)13-6-7-20(18-13)11(4)15(22)23/h6-9,11H,5H2,1-4H3,(H,16,21)(H,22,23). The van der Waals surface area contributed by atoms with E-state index >= 15 is 0 Å². The Morgan fingerprint density at radius 1 is 1.35 bits per heavy atom. The maximum Gasteiger partial charge on any atom is 0.328 e. The summed E-state index contributed by atoms with van der Waals surface area (Å²) in [7, 11) is 0. The van der Waals surface area contributed by atoms with E-state index in [1.165, 1.54) is 23.9 Å². The lowest BCUT2D eigenvalue weighted by atomic mass is 10.1. The number of amides is 1. The van der Waals surface area contributed by atoms with E-state index in [4.69, 9.17) is 5.11 Å². The van der Waals surface area contributed by atoms with Crippen LogP contribution >= 0.6 is 0 Å². The van der Waals surface area contributed by atoms with Gasteiger partial charge in [0.05, 0.1) is 11.7 Å². The predicted molar refractivity (Wildman–Crippen MR) is 83.1 cm³/mol. The number of rotatable bonds is 6. The number of aliphatic carboxylic acids is 1. The first kappa shape index (κ1) is 16.7. The van der Waals surface area contributed by atoms with Gasteiger partial charge in [-0.25, -0.2) is 4.79 Å². The molecule has 0 aliphatic heterocycles. The number of carbonyl (C=O) groups is 2. The van der Waals surface area contributed by atoms with E-state index < -0.39 is 12.0 Å². The highest BCUT2D eigenvalue weighted by molar-refractivity contribution is 5.92. The summed E-state index contributed by atoms with van der Waals surface area (Å²) in [5, 5.41) is 20.2. The molecule has 0 aliphatic carbocycles. The van der Waals surface area contributed by atoms with Gasteiger partial charge in [0.25, 0.3) is 5.91 Å². The Bertz CT molecular complexity index is 719. The van der Waals surface area contributed by atoms with Crippen molar-refractivity contribution < 1.29 is 14.7 Å². The SMILES string of the molecule is CCn1cc(C(C)NC(=O)c2ccn(C(C)C(=O)O)n2)c(C)n1. The van der Waals surface area contributed by atoms with Crippen LogP contribution in [0.3, 0.4) is 0 Å². The molecule has 23 heavy (non-hydrogen) atoms. The number of nitrogens with zero attached hydrogens (tertiary/aromatic N) is 4. The van der Waals surface area contributed by atoms with Gasteiger partial charge in [-0.15, -0.1) is 0 Å². The van der Waals surface area contributed by atoms with Crippen molar-refractivity contribution in [2.75, 3.05) is 0 Å². The third-order valence-corrected chi connectivity index (χ3v) is 3.72. The van der Waals surface area contributed by atoms with Crippen molar-refractivity contribution >= 4 is 11.9 Å². The predicted octanol–water partition coefficient (Wildman–Crippen LogP) is 1.54. The second kappa shape index (κ2) is 6.64. The van der Waals surface area contributed by atoms with Crippen molar-refractivity contribution in [3.8, 4) is 0 Å². The lowest BCUT2D eigenvalue weighted by Gasteiger charge is -2.12. The van der Waals surface area contributed by atoms with Crippen molar-refractivity contribution in [1.82, 2.24) is 24.9 Å². The molecular formula is C15H21N5O3. The van der Waals surface area contributed by atoms with Gasteiger partial charge in [-0.3, -0.25) is 14.2 Å². The molecule has 2 aromatic rings. The van der Waals surface area contributed by atoms with Gasteiger partial charge in [0, 0.05) is 24.5 Å². The van der Waals surface area contributed by atoms with Crippen LogP contribution < -0.4 is 5.32 Å². The molecule has 0 saturated carbocycles. The zero-order valence-corrected chi connectivity index (χ0v) is 13.6. The molecule has 0 spiro atoms. The quantitative estimate of drug-likeness (QED) is 0.841. The largest absolute Gasteiger partial charge is 0.480 e. The van der Waals surface area contributed by atoms with Crippen molar-refractivity contribution in [2.24, 2.45) is 0 Å². The Balaban J connectivity index is 2.09. The molecule has 0 aliphatic rings. The lowest BCUT2D eigenvalue weighted by molar-refractivity contribution is -0.140. The summed E-state index contributed by atoms with van der Waals surface area (Å²) in [6.45, 7) is 8.03. The fourth-order valence-corrected chi connectivity index (χ4v) is 2.26. The van der Waals surface area contributed by atoms with Gasteiger partial charge in [0.15, 0.2) is 0 Å². The first-order chi connectivity index (χ1) is 10.8. The number of hydrogen-bond acceptors (Lipinski definition) is 4. The molecule has 2 rings (SSSR count). The number of carboxylic acid groups (broad SMARTS) is 1. The van der Waals surface area contributed by atoms with E-state index in [9.17, 15) is 9.59 Å². The minimum absolute atomic E-state index is 0.186. The summed E-state index contributed by atoms with van der Waals surface area (Å²) >= 11 is 0. The molecule has 2 N–H and O–H groups in total. The van der Waals surface area contributed by atoms with Crippen molar-refractivity contribution in [2.45, 2.75) is 46.3 Å². The maximum absolute atomic E-state index is 12.3. The highest BCUT2D eigenvalue weighted by Crippen LogP contribution is 2.16. The summed E-state index contributed by atoms with van der Waals surface area (Å²) < 4.78 is 3.07. The number of carboxylic acids is 1. The molecule has 8 nitrogen and oxygen atoms in total. The Morgan fingerprint density at radius 3 is 2.61 bits per heavy atom. The molecule has 8 heteroatoms. The van der Waals surface area contributed by atoms with Crippen LogP contribution in [-0.4, -0.2) is 36.5 Å². The Morgan fingerprint density at radius 2 is 2.04 bits per heavy atom. The minimum Gasteiger partial charge on any atom is -0.480 e. The molecule has 0 bridgehead atoms. The highest BCUT2D eigenvalue weighted by Gasteiger charge is 2.19. The molecule has 1 amide bonds. The molecule has 124 valence electrons. The van der Waals surface area contributed by atoms with Crippen LogP contribution in [0.15, 0.2) is 18.5 Å². The lowest BCUT2D eigenvalue weighted by Crippen LogP contribution is -2.27. The van der Waals surface area contributed by atoms with E-state index in [0.29, 0.717) is 0 Å². The molecule has 0 radical (unpaired) electrons. The van der Waals surface area contributed by atoms with E-state index in [0.717, 1.165) is 17.8 Å². The highest BCUT2D eigenvalue weighted by atomic mass is 16.4. The van der Waals surface area contributed by atoms with Gasteiger partial charge in [-0.1, -0.05) is 0 Å². The number of nitrogens with one attached hydrogen (secondary N) is 1. The van der Waals surface area contributed by atoms with Crippen LogP contribution in [0, 0.1) is 6.92 Å². The molecule has 0 fully saturated rings. The molecule has 2 aromatic heterocycles. The zero-order valence-electron chi connectivity index (χ0n) is 13.6. The van der Waals surface area contributed by atoms with Crippen molar-refractivity contribution in [1.29, 1.82) is 0 Å². The molecular weight excluding hydrogens is 298 g/mol. The summed E-state index contributed by atoms with van der Waals surface area (Å²) in [6.07, 6.45) is 3.39. The second-order valence-corrected chi connectivity index (χ2v) is 5.42. The number of hydrogen-bond donors (Lipinski definition) is 2. The monoisotopic (exact) mass is 319 g/mol. The molecule has 0 saturated heterocycles. The Labute approximate surface area is 134 Å². The fourth-order valence-electron chi connectivity index (χ4n) is 2.26. The smallest absolute Gasteiger partial charge is 0.328 e. The average molecular weight is 319 g/mol. The van der Waals surface area contributed by atoms with Crippen LogP contribution in [0.4, 0.5) is 0 Å². The van der Waals surface area contributed by atoms with Crippen LogP contribution in [0.25, 0.3) is 0 Å². The van der Waals surface area contributed by atoms with Crippen LogP contribution in [0.2, 0.25) is 0 Å². The number of aryl methyl sites for hydroxylation is 2. The topological polar surface area (TPSA) is 102 Å². The number of carbonyl (C=O) groups excluding carboxylic acids is 1. The Hall–Kier alpha value is -2.64. The average Bonchev–Trinajstić information content (AvgIpc) is 3.12. The van der Waals surface area contributed by atoms with Gasteiger partial charge < -0.3 is 10.4 Å². The first-order valence-electron chi connectivity index (χ1n) is 7.46. The molecule has 2 atom stereocenters. The van der Waals surface area contributed by atoms with Gasteiger partial charge in [-0.2, -0.15) is 10.2 Å². The van der Waals surface area contributed by atoms with Crippen LogP contribution in [0.5, 0.6) is 0 Å².